The molecule has 0 unspecified atom stereocenters. The van der Waals surface area contributed by atoms with Crippen molar-refractivity contribution in [2.75, 3.05) is 18.0 Å². The Balaban J connectivity index is 1.60. The number of hydrogen-bond donors (Lipinski definition) is 0. The van der Waals surface area contributed by atoms with Gasteiger partial charge in [-0.05, 0) is 25.7 Å². The van der Waals surface area contributed by atoms with E-state index in [1.54, 1.807) is 0 Å². The first-order valence-electron chi connectivity index (χ1n) is 8.79. The highest BCUT2D eigenvalue weighted by Gasteiger charge is 2.54. The maximum atomic E-state index is 5.87. The molecular weight excluding hydrogens is 318 g/mol. The van der Waals surface area contributed by atoms with Crippen molar-refractivity contribution >= 4 is 16.9 Å². The largest absolute Gasteiger partial charge is 0.425 e. The van der Waals surface area contributed by atoms with Crippen molar-refractivity contribution in [3.05, 3.63) is 23.8 Å². The fraction of sp³-hybridized carbons (Fsp3) is 0.588. The van der Waals surface area contributed by atoms with Crippen LogP contribution in [-0.2, 0) is 12.5 Å². The summed E-state index contributed by atoms with van der Waals surface area (Å²) < 4.78 is 7.68. The van der Waals surface area contributed by atoms with Crippen molar-refractivity contribution in [3.63, 3.8) is 0 Å². The van der Waals surface area contributed by atoms with Crippen molar-refractivity contribution in [2.45, 2.75) is 38.5 Å². The van der Waals surface area contributed by atoms with Crippen molar-refractivity contribution in [2.24, 2.45) is 13.0 Å². The third kappa shape index (κ3) is 2.03. The summed E-state index contributed by atoms with van der Waals surface area (Å²) in [5, 5.41) is 13.8. The van der Waals surface area contributed by atoms with Crippen molar-refractivity contribution in [1.29, 1.82) is 0 Å². The molecule has 1 aliphatic carbocycles. The molecule has 0 bridgehead atoms. The standard InChI is InChI=1S/C17H21N7O/c1-10-19-14-13(7-18-23(14)3)15(20-10)24-8-12-5-4-6-17(12,9-24)16-22-21-11(2)25-16/h7,12H,4-6,8-9H2,1-3H3/t12-,17-/m0/s1. The van der Waals surface area contributed by atoms with E-state index in [1.165, 1.54) is 12.8 Å². The van der Waals surface area contributed by atoms with E-state index >= 15 is 0 Å². The van der Waals surface area contributed by atoms with Crippen LogP contribution in [0.25, 0.3) is 11.0 Å². The minimum atomic E-state index is -0.0470. The number of rotatable bonds is 2. The highest BCUT2D eigenvalue weighted by molar-refractivity contribution is 5.87. The fourth-order valence-electron chi connectivity index (χ4n) is 4.65. The number of aryl methyl sites for hydroxylation is 3. The lowest BCUT2D eigenvalue weighted by molar-refractivity contribution is 0.299. The monoisotopic (exact) mass is 339 g/mol. The number of aromatic nitrogens is 6. The summed E-state index contributed by atoms with van der Waals surface area (Å²) in [6, 6.07) is 0. The second kappa shape index (κ2) is 5.00. The molecule has 0 aromatic carbocycles. The van der Waals surface area contributed by atoms with E-state index in [-0.39, 0.29) is 5.41 Å². The van der Waals surface area contributed by atoms with E-state index in [1.807, 2.05) is 31.8 Å². The first kappa shape index (κ1) is 14.8. The Bertz CT molecular complexity index is 961. The summed E-state index contributed by atoms with van der Waals surface area (Å²) in [6.07, 6.45) is 5.36. The number of hydrogen-bond acceptors (Lipinski definition) is 7. The Morgan fingerprint density at radius 2 is 2.12 bits per heavy atom. The maximum Gasteiger partial charge on any atom is 0.224 e. The fourth-order valence-corrected chi connectivity index (χ4v) is 4.65. The highest BCUT2D eigenvalue weighted by atomic mass is 16.4. The molecule has 1 saturated heterocycles. The van der Waals surface area contributed by atoms with Gasteiger partial charge in [-0.3, -0.25) is 4.68 Å². The van der Waals surface area contributed by atoms with Gasteiger partial charge in [-0.2, -0.15) is 5.10 Å². The Labute approximate surface area is 145 Å². The minimum absolute atomic E-state index is 0.0470. The molecule has 1 saturated carbocycles. The smallest absolute Gasteiger partial charge is 0.224 e. The first-order chi connectivity index (χ1) is 12.1. The van der Waals surface area contributed by atoms with Crippen LogP contribution in [0.2, 0.25) is 0 Å². The average molecular weight is 339 g/mol. The SMILES string of the molecule is Cc1nc(N2C[C@@H]3CCC[C@]3(c3nnc(C)o3)C2)c2cnn(C)c2n1. The predicted molar refractivity (Wildman–Crippen MR) is 91.3 cm³/mol. The normalized spacial score (nSPS) is 25.9. The zero-order chi connectivity index (χ0) is 17.2. The summed E-state index contributed by atoms with van der Waals surface area (Å²) >= 11 is 0. The van der Waals surface area contributed by atoms with Crippen LogP contribution in [-0.4, -0.2) is 43.0 Å². The van der Waals surface area contributed by atoms with Gasteiger partial charge in [0.15, 0.2) is 5.65 Å². The summed E-state index contributed by atoms with van der Waals surface area (Å²) in [5.41, 5.74) is 0.830. The van der Waals surface area contributed by atoms with E-state index < -0.39 is 0 Å². The summed E-state index contributed by atoms with van der Waals surface area (Å²) in [5.74, 6) is 3.70. The molecule has 3 aromatic rings. The van der Waals surface area contributed by atoms with Gasteiger partial charge in [0.05, 0.1) is 17.0 Å². The molecule has 130 valence electrons. The van der Waals surface area contributed by atoms with Crippen LogP contribution in [0.1, 0.15) is 36.9 Å². The Morgan fingerprint density at radius 1 is 1.24 bits per heavy atom. The molecule has 25 heavy (non-hydrogen) atoms. The first-order valence-corrected chi connectivity index (χ1v) is 8.79. The molecule has 8 nitrogen and oxygen atoms in total. The second-order valence-corrected chi connectivity index (χ2v) is 7.35. The molecule has 2 aliphatic rings. The molecule has 0 N–H and O–H groups in total. The lowest BCUT2D eigenvalue weighted by atomic mass is 9.80. The van der Waals surface area contributed by atoms with Crippen LogP contribution in [0, 0.1) is 19.8 Å². The van der Waals surface area contributed by atoms with Crippen molar-refractivity contribution in [1.82, 2.24) is 29.9 Å². The van der Waals surface area contributed by atoms with Gasteiger partial charge in [0.1, 0.15) is 11.6 Å². The third-order valence-electron chi connectivity index (χ3n) is 5.81. The molecule has 3 aromatic heterocycles. The average Bonchev–Trinajstić information content (AvgIpc) is 3.30. The van der Waals surface area contributed by atoms with Gasteiger partial charge >= 0.3 is 0 Å². The molecule has 2 fully saturated rings. The van der Waals surface area contributed by atoms with E-state index in [0.29, 0.717) is 11.8 Å². The molecule has 0 spiro atoms. The zero-order valence-corrected chi connectivity index (χ0v) is 14.7. The lowest BCUT2D eigenvalue weighted by Gasteiger charge is -2.25. The molecule has 1 aliphatic heterocycles. The zero-order valence-electron chi connectivity index (χ0n) is 14.7. The molecule has 0 radical (unpaired) electrons. The number of fused-ring (bicyclic) bond motifs is 2. The van der Waals surface area contributed by atoms with Crippen molar-refractivity contribution in [3.8, 4) is 0 Å². The van der Waals surface area contributed by atoms with E-state index in [2.05, 4.69) is 25.2 Å². The highest BCUT2D eigenvalue weighted by Crippen LogP contribution is 2.51. The maximum absolute atomic E-state index is 5.87. The molecule has 2 atom stereocenters. The third-order valence-corrected chi connectivity index (χ3v) is 5.81. The topological polar surface area (TPSA) is 85.8 Å². The van der Waals surface area contributed by atoms with Crippen LogP contribution >= 0.6 is 0 Å². The van der Waals surface area contributed by atoms with Gasteiger partial charge in [0.25, 0.3) is 0 Å². The molecular formula is C17H21N7O. The quantitative estimate of drug-likeness (QED) is 0.705. The van der Waals surface area contributed by atoms with E-state index in [4.69, 9.17) is 9.40 Å². The minimum Gasteiger partial charge on any atom is -0.425 e. The molecule has 8 heteroatoms. The Kier molecular flexibility index (Phi) is 2.96. The van der Waals surface area contributed by atoms with Crippen LogP contribution in [0.4, 0.5) is 5.82 Å². The van der Waals surface area contributed by atoms with Gasteiger partial charge in [-0.1, -0.05) is 6.42 Å². The summed E-state index contributed by atoms with van der Waals surface area (Å²) in [4.78, 5) is 11.7. The molecule has 0 amide bonds. The van der Waals surface area contributed by atoms with Crippen LogP contribution < -0.4 is 4.90 Å². The van der Waals surface area contributed by atoms with Crippen LogP contribution in [0.5, 0.6) is 0 Å². The number of anilines is 1. The van der Waals surface area contributed by atoms with Crippen molar-refractivity contribution < 1.29 is 4.42 Å². The van der Waals surface area contributed by atoms with Crippen LogP contribution in [0.3, 0.4) is 0 Å². The predicted octanol–water partition coefficient (Wildman–Crippen LogP) is 1.92. The van der Waals surface area contributed by atoms with Gasteiger partial charge < -0.3 is 9.32 Å². The Morgan fingerprint density at radius 3 is 2.92 bits per heavy atom. The number of nitrogens with zero attached hydrogens (tertiary/aromatic N) is 7. The van der Waals surface area contributed by atoms with Gasteiger partial charge in [-0.25, -0.2) is 9.97 Å². The lowest BCUT2D eigenvalue weighted by Crippen LogP contribution is -2.32. The van der Waals surface area contributed by atoms with Gasteiger partial charge in [0.2, 0.25) is 11.8 Å². The van der Waals surface area contributed by atoms with E-state index in [0.717, 1.165) is 48.1 Å². The van der Waals surface area contributed by atoms with Crippen LogP contribution in [0.15, 0.2) is 10.6 Å². The molecule has 5 rings (SSSR count). The van der Waals surface area contributed by atoms with E-state index in [9.17, 15) is 0 Å². The van der Waals surface area contributed by atoms with Gasteiger partial charge in [0, 0.05) is 27.1 Å². The Hall–Kier alpha value is -2.51. The second-order valence-electron chi connectivity index (χ2n) is 7.35. The summed E-state index contributed by atoms with van der Waals surface area (Å²) in [6.45, 7) is 5.61. The van der Waals surface area contributed by atoms with Gasteiger partial charge in [-0.15, -0.1) is 10.2 Å². The summed E-state index contributed by atoms with van der Waals surface area (Å²) in [7, 11) is 1.92. The molecule has 4 heterocycles.